The molecule has 0 aliphatic carbocycles. The highest BCUT2D eigenvalue weighted by Gasteiger charge is 1.99. The molecule has 3 aromatic rings. The van der Waals surface area contributed by atoms with Gasteiger partial charge in [-0.05, 0) is 67.3 Å². The molecule has 0 fully saturated rings. The van der Waals surface area contributed by atoms with Gasteiger partial charge in [0.05, 0.1) is 13.2 Å². The zero-order chi connectivity index (χ0) is 18.7. The van der Waals surface area contributed by atoms with Gasteiger partial charge in [0.2, 0.25) is 0 Å². The van der Waals surface area contributed by atoms with Crippen LogP contribution in [0.4, 0.5) is 5.69 Å². The van der Waals surface area contributed by atoms with E-state index in [9.17, 15) is 0 Å². The number of nitrogens with one attached hydrogen (secondary N) is 1. The van der Waals surface area contributed by atoms with E-state index in [0.717, 1.165) is 43.2 Å². The lowest BCUT2D eigenvalue weighted by Gasteiger charge is -2.10. The second kappa shape index (κ2) is 10.3. The molecule has 27 heavy (non-hydrogen) atoms. The Bertz CT molecular complexity index is 783. The standard InChI is InChI=1S/C24H27NO2/c1-2-26-23-14-10-21(11-15-23)19-25-22-12-16-24(17-13-22)27-18-6-9-20-7-4-3-5-8-20/h3-5,7-8,10-17,25H,2,6,9,18-19H2,1H3. The van der Waals surface area contributed by atoms with Crippen molar-refractivity contribution in [2.24, 2.45) is 0 Å². The molecular weight excluding hydrogens is 334 g/mol. The molecule has 0 aromatic heterocycles. The molecule has 3 nitrogen and oxygen atoms in total. The van der Waals surface area contributed by atoms with Crippen LogP contribution in [0, 0.1) is 0 Å². The maximum absolute atomic E-state index is 5.84. The van der Waals surface area contributed by atoms with Gasteiger partial charge in [-0.3, -0.25) is 0 Å². The quantitative estimate of drug-likeness (QED) is 0.469. The Balaban J connectivity index is 1.39. The van der Waals surface area contributed by atoms with Crippen molar-refractivity contribution in [1.82, 2.24) is 0 Å². The predicted octanol–water partition coefficient (Wildman–Crippen LogP) is 5.71. The number of benzene rings is 3. The minimum atomic E-state index is 0.693. The molecule has 0 aliphatic rings. The molecule has 3 aromatic carbocycles. The van der Waals surface area contributed by atoms with Crippen LogP contribution in [0.25, 0.3) is 0 Å². The van der Waals surface area contributed by atoms with Crippen molar-refractivity contribution >= 4 is 5.69 Å². The Labute approximate surface area is 162 Å². The first-order chi connectivity index (χ1) is 13.3. The van der Waals surface area contributed by atoms with Crippen molar-refractivity contribution in [3.8, 4) is 11.5 Å². The maximum atomic E-state index is 5.84. The molecule has 0 saturated carbocycles. The molecule has 0 spiro atoms. The Morgan fingerprint density at radius 1 is 0.704 bits per heavy atom. The molecule has 0 aliphatic heterocycles. The van der Waals surface area contributed by atoms with Crippen LogP contribution >= 0.6 is 0 Å². The monoisotopic (exact) mass is 361 g/mol. The van der Waals surface area contributed by atoms with E-state index in [1.165, 1.54) is 11.1 Å². The number of ether oxygens (including phenoxy) is 2. The first-order valence-corrected chi connectivity index (χ1v) is 9.56. The Kier molecular flexibility index (Phi) is 7.16. The zero-order valence-electron chi connectivity index (χ0n) is 15.9. The van der Waals surface area contributed by atoms with E-state index in [-0.39, 0.29) is 0 Å². The summed E-state index contributed by atoms with van der Waals surface area (Å²) in [4.78, 5) is 0. The fraction of sp³-hybridized carbons (Fsp3) is 0.250. The van der Waals surface area contributed by atoms with Gasteiger partial charge in [0.25, 0.3) is 0 Å². The fourth-order valence-electron chi connectivity index (χ4n) is 2.85. The van der Waals surface area contributed by atoms with E-state index in [4.69, 9.17) is 9.47 Å². The van der Waals surface area contributed by atoms with Crippen LogP contribution in [0.1, 0.15) is 24.5 Å². The summed E-state index contributed by atoms with van der Waals surface area (Å²) in [7, 11) is 0. The Morgan fingerprint density at radius 2 is 1.37 bits per heavy atom. The molecule has 0 amide bonds. The van der Waals surface area contributed by atoms with Crippen LogP contribution in [-0.4, -0.2) is 13.2 Å². The first kappa shape index (κ1) is 18.8. The summed E-state index contributed by atoms with van der Waals surface area (Å²) in [5.74, 6) is 1.82. The molecule has 140 valence electrons. The van der Waals surface area contributed by atoms with Gasteiger partial charge < -0.3 is 14.8 Å². The third-order valence-corrected chi connectivity index (χ3v) is 4.31. The SMILES string of the molecule is CCOc1ccc(CNc2ccc(OCCCc3ccccc3)cc2)cc1. The minimum Gasteiger partial charge on any atom is -0.494 e. The molecule has 0 atom stereocenters. The summed E-state index contributed by atoms with van der Waals surface area (Å²) in [5.41, 5.74) is 3.66. The highest BCUT2D eigenvalue weighted by atomic mass is 16.5. The van der Waals surface area contributed by atoms with E-state index in [2.05, 4.69) is 53.8 Å². The van der Waals surface area contributed by atoms with Crippen molar-refractivity contribution in [2.75, 3.05) is 18.5 Å². The van der Waals surface area contributed by atoms with Gasteiger partial charge >= 0.3 is 0 Å². The molecule has 3 rings (SSSR count). The molecule has 0 heterocycles. The lowest BCUT2D eigenvalue weighted by Crippen LogP contribution is -2.01. The minimum absolute atomic E-state index is 0.693. The summed E-state index contributed by atoms with van der Waals surface area (Å²) in [6.07, 6.45) is 2.06. The third-order valence-electron chi connectivity index (χ3n) is 4.31. The second-order valence-electron chi connectivity index (χ2n) is 6.39. The largest absolute Gasteiger partial charge is 0.494 e. The van der Waals surface area contributed by atoms with E-state index >= 15 is 0 Å². The van der Waals surface area contributed by atoms with Crippen LogP contribution in [0.3, 0.4) is 0 Å². The number of hydrogen-bond donors (Lipinski definition) is 1. The third kappa shape index (κ3) is 6.37. The number of hydrogen-bond acceptors (Lipinski definition) is 3. The van der Waals surface area contributed by atoms with Crippen molar-refractivity contribution in [3.63, 3.8) is 0 Å². The van der Waals surface area contributed by atoms with Crippen molar-refractivity contribution in [2.45, 2.75) is 26.3 Å². The van der Waals surface area contributed by atoms with Crippen molar-refractivity contribution in [1.29, 1.82) is 0 Å². The van der Waals surface area contributed by atoms with Crippen LogP contribution < -0.4 is 14.8 Å². The lowest BCUT2D eigenvalue weighted by atomic mass is 10.1. The smallest absolute Gasteiger partial charge is 0.119 e. The molecule has 3 heteroatoms. The summed E-state index contributed by atoms with van der Waals surface area (Å²) >= 11 is 0. The van der Waals surface area contributed by atoms with Crippen LogP contribution in [-0.2, 0) is 13.0 Å². The molecular formula is C24H27NO2. The van der Waals surface area contributed by atoms with Gasteiger partial charge in [-0.25, -0.2) is 0 Å². The van der Waals surface area contributed by atoms with Gasteiger partial charge in [-0.1, -0.05) is 42.5 Å². The summed E-state index contributed by atoms with van der Waals surface area (Å²) < 4.78 is 11.3. The van der Waals surface area contributed by atoms with E-state index in [1.807, 2.05) is 37.3 Å². The lowest BCUT2D eigenvalue weighted by molar-refractivity contribution is 0.311. The predicted molar refractivity (Wildman–Crippen MR) is 112 cm³/mol. The Morgan fingerprint density at radius 3 is 2.07 bits per heavy atom. The average Bonchev–Trinajstić information content (AvgIpc) is 2.73. The van der Waals surface area contributed by atoms with Gasteiger partial charge in [-0.15, -0.1) is 0 Å². The van der Waals surface area contributed by atoms with Gasteiger partial charge in [0, 0.05) is 12.2 Å². The molecule has 0 radical (unpaired) electrons. The van der Waals surface area contributed by atoms with Gasteiger partial charge in [0.1, 0.15) is 11.5 Å². The molecule has 0 saturated heterocycles. The Hall–Kier alpha value is -2.94. The van der Waals surface area contributed by atoms with Crippen molar-refractivity contribution in [3.05, 3.63) is 90.0 Å². The number of rotatable bonds is 10. The second-order valence-corrected chi connectivity index (χ2v) is 6.39. The van der Waals surface area contributed by atoms with Crippen LogP contribution in [0.5, 0.6) is 11.5 Å². The van der Waals surface area contributed by atoms with E-state index < -0.39 is 0 Å². The van der Waals surface area contributed by atoms with Gasteiger partial charge in [0.15, 0.2) is 0 Å². The zero-order valence-corrected chi connectivity index (χ0v) is 15.9. The first-order valence-electron chi connectivity index (χ1n) is 9.56. The van der Waals surface area contributed by atoms with Crippen molar-refractivity contribution < 1.29 is 9.47 Å². The normalized spacial score (nSPS) is 10.4. The van der Waals surface area contributed by atoms with Crippen LogP contribution in [0.2, 0.25) is 0 Å². The van der Waals surface area contributed by atoms with Crippen LogP contribution in [0.15, 0.2) is 78.9 Å². The molecule has 0 unspecified atom stereocenters. The van der Waals surface area contributed by atoms with E-state index in [1.54, 1.807) is 0 Å². The van der Waals surface area contributed by atoms with E-state index in [0.29, 0.717) is 6.61 Å². The number of anilines is 1. The summed E-state index contributed by atoms with van der Waals surface area (Å²) in [6, 6.07) is 26.9. The maximum Gasteiger partial charge on any atom is 0.119 e. The summed E-state index contributed by atoms with van der Waals surface area (Å²) in [6.45, 7) is 4.20. The molecule has 1 N–H and O–H groups in total. The fourth-order valence-corrected chi connectivity index (χ4v) is 2.85. The summed E-state index contributed by atoms with van der Waals surface area (Å²) in [5, 5.41) is 3.43. The van der Waals surface area contributed by atoms with Gasteiger partial charge in [-0.2, -0.15) is 0 Å². The average molecular weight is 361 g/mol. The topological polar surface area (TPSA) is 30.5 Å². The highest BCUT2D eigenvalue weighted by Crippen LogP contribution is 2.18. The number of aryl methyl sites for hydroxylation is 1. The highest BCUT2D eigenvalue weighted by molar-refractivity contribution is 5.47. The molecule has 0 bridgehead atoms.